The zero-order valence-electron chi connectivity index (χ0n) is 6.62. The first-order valence-corrected chi connectivity index (χ1v) is 3.75. The molecule has 0 radical (unpaired) electrons. The van der Waals surface area contributed by atoms with E-state index < -0.39 is 5.97 Å². The first-order valence-electron chi connectivity index (χ1n) is 3.38. The number of rotatable bonds is 2. The average Bonchev–Trinajstić information content (AvgIpc) is 2.09. The molecule has 0 amide bonds. The van der Waals surface area contributed by atoms with E-state index in [2.05, 4.69) is 11.6 Å². The number of nitrogen functional groups attached to an aromatic ring is 1. The normalized spacial score (nSPS) is 9.62. The van der Waals surface area contributed by atoms with Crippen molar-refractivity contribution < 1.29 is 9.90 Å². The Morgan fingerprint density at radius 1 is 1.77 bits per heavy atom. The molecule has 0 aliphatic carbocycles. The molecule has 0 aliphatic rings. The third-order valence-electron chi connectivity index (χ3n) is 1.42. The van der Waals surface area contributed by atoms with Gasteiger partial charge in [0.2, 0.25) is 0 Å². The van der Waals surface area contributed by atoms with Crippen LogP contribution in [0.25, 0.3) is 6.08 Å². The third-order valence-corrected chi connectivity index (χ3v) is 1.81. The second kappa shape index (κ2) is 3.45. The number of anilines is 1. The summed E-state index contributed by atoms with van der Waals surface area (Å²) < 4.78 is 0. The van der Waals surface area contributed by atoms with Gasteiger partial charge in [0.25, 0.3) is 0 Å². The van der Waals surface area contributed by atoms with Gasteiger partial charge < -0.3 is 10.8 Å². The van der Waals surface area contributed by atoms with Crippen LogP contribution in [0.5, 0.6) is 0 Å². The fourth-order valence-electron chi connectivity index (χ4n) is 0.816. The lowest BCUT2D eigenvalue weighted by Gasteiger charge is -2.02. The van der Waals surface area contributed by atoms with Gasteiger partial charge in [-0.2, -0.15) is 0 Å². The van der Waals surface area contributed by atoms with E-state index in [1.165, 1.54) is 12.1 Å². The Morgan fingerprint density at radius 3 is 2.85 bits per heavy atom. The van der Waals surface area contributed by atoms with Crippen molar-refractivity contribution in [3.05, 3.63) is 29.1 Å². The highest BCUT2D eigenvalue weighted by molar-refractivity contribution is 6.35. The fraction of sp³-hybridized carbons (Fsp3) is 0. The Morgan fingerprint density at radius 2 is 2.38 bits per heavy atom. The molecule has 0 aromatic carbocycles. The molecule has 4 nitrogen and oxygen atoms in total. The van der Waals surface area contributed by atoms with E-state index in [0.29, 0.717) is 5.69 Å². The maximum absolute atomic E-state index is 10.6. The molecule has 0 aliphatic heterocycles. The molecule has 1 rings (SSSR count). The van der Waals surface area contributed by atoms with E-state index >= 15 is 0 Å². The number of carboxylic acids is 1. The standard InChI is InChI=1S/C8H7ClN2O2/c1-2-4-3-5(10)6(9)7(11-4)8(12)13/h2-3H,1H2,(H2,10,11)(H,12,13). The smallest absolute Gasteiger partial charge is 0.356 e. The Balaban J connectivity index is 3.41. The van der Waals surface area contributed by atoms with Crippen LogP contribution < -0.4 is 5.73 Å². The van der Waals surface area contributed by atoms with Crippen molar-refractivity contribution in [2.45, 2.75) is 0 Å². The SMILES string of the molecule is C=Cc1cc(N)c(Cl)c(C(=O)O)n1. The van der Waals surface area contributed by atoms with Crippen LogP contribution in [0.2, 0.25) is 5.02 Å². The van der Waals surface area contributed by atoms with Crippen LogP contribution in [-0.2, 0) is 0 Å². The van der Waals surface area contributed by atoms with Crippen molar-refractivity contribution >= 4 is 29.3 Å². The van der Waals surface area contributed by atoms with E-state index in [-0.39, 0.29) is 16.4 Å². The molecule has 0 bridgehead atoms. The Bertz CT molecular complexity index is 377. The summed E-state index contributed by atoms with van der Waals surface area (Å²) in [5.41, 5.74) is 5.77. The molecule has 0 unspecified atom stereocenters. The van der Waals surface area contributed by atoms with Gasteiger partial charge in [0.05, 0.1) is 16.4 Å². The number of hydrogen-bond donors (Lipinski definition) is 2. The summed E-state index contributed by atoms with van der Waals surface area (Å²) in [6, 6.07) is 1.46. The molecular weight excluding hydrogens is 192 g/mol. The van der Waals surface area contributed by atoms with Gasteiger partial charge in [-0.25, -0.2) is 9.78 Å². The molecule has 1 aromatic heterocycles. The minimum atomic E-state index is -1.21. The monoisotopic (exact) mass is 198 g/mol. The zero-order valence-corrected chi connectivity index (χ0v) is 7.38. The minimum Gasteiger partial charge on any atom is -0.476 e. The lowest BCUT2D eigenvalue weighted by atomic mass is 10.2. The van der Waals surface area contributed by atoms with Crippen molar-refractivity contribution in [1.82, 2.24) is 4.98 Å². The number of nitrogens with zero attached hydrogens (tertiary/aromatic N) is 1. The molecule has 0 saturated heterocycles. The summed E-state index contributed by atoms with van der Waals surface area (Å²) in [6.45, 7) is 3.45. The van der Waals surface area contributed by atoms with Gasteiger partial charge in [0, 0.05) is 0 Å². The summed E-state index contributed by atoms with van der Waals surface area (Å²) in [4.78, 5) is 14.3. The quantitative estimate of drug-likeness (QED) is 0.758. The highest BCUT2D eigenvalue weighted by atomic mass is 35.5. The molecular formula is C8H7ClN2O2. The second-order valence-electron chi connectivity index (χ2n) is 2.31. The van der Waals surface area contributed by atoms with Crippen molar-refractivity contribution in [3.8, 4) is 0 Å². The van der Waals surface area contributed by atoms with Gasteiger partial charge >= 0.3 is 5.97 Å². The van der Waals surface area contributed by atoms with Crippen molar-refractivity contribution in [1.29, 1.82) is 0 Å². The van der Waals surface area contributed by atoms with Crippen LogP contribution in [0.15, 0.2) is 12.6 Å². The number of carboxylic acid groups (broad SMARTS) is 1. The first-order chi connectivity index (χ1) is 6.06. The number of halogens is 1. The van der Waals surface area contributed by atoms with Crippen molar-refractivity contribution in [2.24, 2.45) is 0 Å². The average molecular weight is 199 g/mol. The molecule has 1 aromatic rings. The van der Waals surface area contributed by atoms with Crippen LogP contribution in [0.4, 0.5) is 5.69 Å². The van der Waals surface area contributed by atoms with E-state index in [9.17, 15) is 4.79 Å². The molecule has 0 saturated carbocycles. The van der Waals surface area contributed by atoms with Crippen molar-refractivity contribution in [2.75, 3.05) is 5.73 Å². The lowest BCUT2D eigenvalue weighted by molar-refractivity contribution is 0.0690. The maximum Gasteiger partial charge on any atom is 0.356 e. The van der Waals surface area contributed by atoms with Crippen LogP contribution in [0, 0.1) is 0 Å². The minimum absolute atomic E-state index is 0.0434. The Kier molecular flexibility index (Phi) is 2.53. The van der Waals surface area contributed by atoms with Crippen LogP contribution in [0.3, 0.4) is 0 Å². The molecule has 0 atom stereocenters. The zero-order chi connectivity index (χ0) is 10.0. The number of hydrogen-bond acceptors (Lipinski definition) is 3. The highest BCUT2D eigenvalue weighted by Gasteiger charge is 2.13. The van der Waals surface area contributed by atoms with Gasteiger partial charge in [-0.15, -0.1) is 0 Å². The van der Waals surface area contributed by atoms with E-state index in [1.54, 1.807) is 0 Å². The molecule has 5 heteroatoms. The molecule has 1 heterocycles. The number of nitrogens with two attached hydrogens (primary N) is 1. The van der Waals surface area contributed by atoms with Gasteiger partial charge in [-0.1, -0.05) is 18.2 Å². The van der Waals surface area contributed by atoms with E-state index in [0.717, 1.165) is 0 Å². The van der Waals surface area contributed by atoms with Gasteiger partial charge in [0.15, 0.2) is 5.69 Å². The number of aromatic carboxylic acids is 1. The molecule has 0 fully saturated rings. The van der Waals surface area contributed by atoms with Gasteiger partial charge in [-0.3, -0.25) is 0 Å². The number of aromatic nitrogens is 1. The lowest BCUT2D eigenvalue weighted by Crippen LogP contribution is -2.05. The maximum atomic E-state index is 10.6. The summed E-state index contributed by atoms with van der Waals surface area (Å²) in [5.74, 6) is -1.21. The highest BCUT2D eigenvalue weighted by Crippen LogP contribution is 2.23. The number of pyridine rings is 1. The number of carbonyl (C=O) groups is 1. The predicted octanol–water partition coefficient (Wildman–Crippen LogP) is 1.66. The summed E-state index contributed by atoms with van der Waals surface area (Å²) in [7, 11) is 0. The van der Waals surface area contributed by atoms with Gasteiger partial charge in [-0.05, 0) is 12.1 Å². The fourth-order valence-corrected chi connectivity index (χ4v) is 0.994. The molecule has 0 spiro atoms. The van der Waals surface area contributed by atoms with Crippen LogP contribution in [-0.4, -0.2) is 16.1 Å². The molecule has 13 heavy (non-hydrogen) atoms. The Labute approximate surface area is 79.7 Å². The summed E-state index contributed by atoms with van der Waals surface area (Å²) in [6.07, 6.45) is 1.40. The first kappa shape index (κ1) is 9.54. The van der Waals surface area contributed by atoms with Crippen molar-refractivity contribution in [3.63, 3.8) is 0 Å². The third kappa shape index (κ3) is 1.78. The summed E-state index contributed by atoms with van der Waals surface area (Å²) in [5, 5.41) is 8.63. The summed E-state index contributed by atoms with van der Waals surface area (Å²) >= 11 is 5.61. The molecule has 3 N–H and O–H groups in total. The largest absolute Gasteiger partial charge is 0.476 e. The van der Waals surface area contributed by atoms with Crippen LogP contribution >= 0.6 is 11.6 Å². The molecule has 68 valence electrons. The van der Waals surface area contributed by atoms with E-state index in [4.69, 9.17) is 22.4 Å². The van der Waals surface area contributed by atoms with E-state index in [1.807, 2.05) is 0 Å². The Hall–Kier alpha value is -1.55. The van der Waals surface area contributed by atoms with Crippen LogP contribution in [0.1, 0.15) is 16.2 Å². The predicted molar refractivity (Wildman–Crippen MR) is 50.7 cm³/mol. The van der Waals surface area contributed by atoms with Gasteiger partial charge in [0.1, 0.15) is 0 Å². The second-order valence-corrected chi connectivity index (χ2v) is 2.69. The topological polar surface area (TPSA) is 76.2 Å².